The number of carboxylic acids is 1. The summed E-state index contributed by atoms with van der Waals surface area (Å²) in [6.07, 6.45) is 1.66. The summed E-state index contributed by atoms with van der Waals surface area (Å²) in [7, 11) is 0. The molecule has 0 aliphatic carbocycles. The minimum Gasteiger partial charge on any atom is -0.545 e. The molecule has 2 aliphatic heterocycles. The first-order valence-corrected chi connectivity index (χ1v) is 6.86. The highest BCUT2D eigenvalue weighted by Gasteiger charge is 2.41. The first kappa shape index (κ1) is 12.9. The van der Waals surface area contributed by atoms with Crippen molar-refractivity contribution in [1.29, 1.82) is 0 Å². The van der Waals surface area contributed by atoms with Crippen LogP contribution in [0.3, 0.4) is 0 Å². The van der Waals surface area contributed by atoms with Gasteiger partial charge in [0.25, 0.3) is 0 Å². The minimum atomic E-state index is -1.17. The van der Waals surface area contributed by atoms with Crippen LogP contribution in [-0.4, -0.2) is 36.2 Å². The molecule has 0 spiro atoms. The zero-order valence-corrected chi connectivity index (χ0v) is 11.7. The number of nitrogens with zero attached hydrogens (tertiary/aromatic N) is 3. The van der Waals surface area contributed by atoms with Gasteiger partial charge in [-0.3, -0.25) is 4.90 Å². The van der Waals surface area contributed by atoms with E-state index < -0.39 is 5.97 Å². The predicted molar refractivity (Wildman–Crippen MR) is 75.5 cm³/mol. The van der Waals surface area contributed by atoms with Crippen LogP contribution in [0.15, 0.2) is 34.9 Å². The van der Waals surface area contributed by atoms with Crippen LogP contribution in [0.4, 0.5) is 5.69 Å². The summed E-state index contributed by atoms with van der Waals surface area (Å²) in [5.41, 5.74) is 2.08. The van der Waals surface area contributed by atoms with E-state index in [0.29, 0.717) is 17.1 Å². The molecule has 0 radical (unpaired) electrons. The highest BCUT2D eigenvalue weighted by Crippen LogP contribution is 2.35. The largest absolute Gasteiger partial charge is 0.545 e. The highest BCUT2D eigenvalue weighted by atomic mass is 16.4. The fraction of sp³-hybridized carbons (Fsp3) is 0.333. The number of carboxylic acid groups (broad SMARTS) is 1. The molecule has 0 unspecified atom stereocenters. The van der Waals surface area contributed by atoms with E-state index in [1.165, 1.54) is 0 Å². The van der Waals surface area contributed by atoms with E-state index in [4.69, 9.17) is 0 Å². The molecule has 0 aromatic heterocycles. The molecule has 2 aliphatic rings. The zero-order chi connectivity index (χ0) is 14.3. The second-order valence-electron chi connectivity index (χ2n) is 5.12. The highest BCUT2D eigenvalue weighted by molar-refractivity contribution is 6.28. The number of hydrogen-bond donors (Lipinski definition) is 0. The van der Waals surface area contributed by atoms with Crippen LogP contribution in [0, 0.1) is 0 Å². The molecule has 0 amide bonds. The second kappa shape index (κ2) is 4.45. The van der Waals surface area contributed by atoms with E-state index in [-0.39, 0.29) is 5.57 Å². The van der Waals surface area contributed by atoms with Crippen LogP contribution in [-0.2, 0) is 4.79 Å². The maximum absolute atomic E-state index is 11.4. The van der Waals surface area contributed by atoms with E-state index in [9.17, 15) is 9.90 Å². The van der Waals surface area contributed by atoms with Gasteiger partial charge in [-0.15, -0.1) is 0 Å². The molecule has 20 heavy (non-hydrogen) atoms. The van der Waals surface area contributed by atoms with Gasteiger partial charge in [0.15, 0.2) is 6.67 Å². The standard InChI is InChI=1S/C15H17N3O2/c1-3-18(4-2)10-17-13-8-6-5-7-11(13)9-12(15(19)20)14(17)16-18/h5-9H,3-4,10H2,1-2H3. The van der Waals surface area contributed by atoms with Crippen molar-refractivity contribution in [1.82, 2.24) is 0 Å². The Morgan fingerprint density at radius 3 is 2.70 bits per heavy atom. The molecule has 104 valence electrons. The van der Waals surface area contributed by atoms with Crippen LogP contribution in [0.5, 0.6) is 0 Å². The lowest BCUT2D eigenvalue weighted by molar-refractivity contribution is -0.925. The van der Waals surface area contributed by atoms with E-state index in [1.807, 2.05) is 29.2 Å². The zero-order valence-electron chi connectivity index (χ0n) is 11.7. The molecule has 5 heteroatoms. The Bertz CT molecular complexity index is 630. The van der Waals surface area contributed by atoms with Crippen molar-refractivity contribution in [3.63, 3.8) is 0 Å². The molecule has 1 aromatic rings. The number of anilines is 1. The average Bonchev–Trinajstić information content (AvgIpc) is 2.87. The summed E-state index contributed by atoms with van der Waals surface area (Å²) in [5, 5.41) is 16.1. The van der Waals surface area contributed by atoms with Crippen molar-refractivity contribution in [3.05, 3.63) is 35.4 Å². The van der Waals surface area contributed by atoms with Gasteiger partial charge in [0, 0.05) is 5.57 Å². The molecular formula is C15H17N3O2. The number of aliphatic carboxylic acids is 1. The number of carbonyl (C=O) groups excluding carboxylic acids is 1. The van der Waals surface area contributed by atoms with Gasteiger partial charge in [0.2, 0.25) is 5.84 Å². The maximum Gasteiger partial charge on any atom is 0.202 e. The Balaban J connectivity index is 2.18. The normalized spacial score (nSPS) is 19.0. The van der Waals surface area contributed by atoms with Gasteiger partial charge in [-0.25, -0.2) is 0 Å². The fourth-order valence-corrected chi connectivity index (χ4v) is 2.80. The van der Waals surface area contributed by atoms with Gasteiger partial charge in [-0.2, -0.15) is 4.59 Å². The van der Waals surface area contributed by atoms with Gasteiger partial charge in [-0.1, -0.05) is 23.3 Å². The first-order chi connectivity index (χ1) is 9.60. The number of carbonyl (C=O) groups is 1. The lowest BCUT2D eigenvalue weighted by Gasteiger charge is -2.29. The van der Waals surface area contributed by atoms with Gasteiger partial charge < -0.3 is 9.90 Å². The summed E-state index contributed by atoms with van der Waals surface area (Å²) in [6, 6.07) is 7.78. The number of fused-ring (bicyclic) bond motifs is 3. The predicted octanol–water partition coefficient (Wildman–Crippen LogP) is 0.781. The van der Waals surface area contributed by atoms with Gasteiger partial charge >= 0.3 is 0 Å². The van der Waals surface area contributed by atoms with E-state index in [2.05, 4.69) is 18.9 Å². The number of hydrogen-bond acceptors (Lipinski definition) is 4. The van der Waals surface area contributed by atoms with Crippen LogP contribution < -0.4 is 10.0 Å². The third kappa shape index (κ3) is 1.74. The van der Waals surface area contributed by atoms with E-state index in [0.717, 1.165) is 24.3 Å². The SMILES string of the molecule is CC[N+]1(CC)CN2C(=N1)C(C(=O)[O-])=Cc1ccccc12. The number of amidine groups is 1. The van der Waals surface area contributed by atoms with Crippen LogP contribution in [0.1, 0.15) is 19.4 Å². The molecule has 0 bridgehead atoms. The van der Waals surface area contributed by atoms with Gasteiger partial charge in [0.1, 0.15) is 13.1 Å². The molecule has 0 fully saturated rings. The molecular weight excluding hydrogens is 254 g/mol. The lowest BCUT2D eigenvalue weighted by Crippen LogP contribution is -2.46. The van der Waals surface area contributed by atoms with Gasteiger partial charge in [-0.05, 0) is 31.6 Å². The van der Waals surface area contributed by atoms with Crippen LogP contribution in [0.25, 0.3) is 6.08 Å². The van der Waals surface area contributed by atoms with Crippen molar-refractivity contribution in [2.45, 2.75) is 13.8 Å². The Labute approximate surface area is 118 Å². The Kier molecular flexibility index (Phi) is 2.87. The van der Waals surface area contributed by atoms with Crippen molar-refractivity contribution in [2.24, 2.45) is 5.10 Å². The third-order valence-electron chi connectivity index (χ3n) is 4.13. The quantitative estimate of drug-likeness (QED) is 0.763. The molecule has 0 saturated carbocycles. The van der Waals surface area contributed by atoms with E-state index >= 15 is 0 Å². The van der Waals surface area contributed by atoms with Crippen LogP contribution in [0.2, 0.25) is 0 Å². The Morgan fingerprint density at radius 1 is 1.35 bits per heavy atom. The molecule has 3 rings (SSSR count). The smallest absolute Gasteiger partial charge is 0.202 e. The minimum absolute atomic E-state index is 0.172. The van der Waals surface area contributed by atoms with E-state index in [1.54, 1.807) is 6.08 Å². The first-order valence-electron chi connectivity index (χ1n) is 6.86. The monoisotopic (exact) mass is 271 g/mol. The number of benzene rings is 1. The van der Waals surface area contributed by atoms with Crippen molar-refractivity contribution < 1.29 is 14.5 Å². The lowest BCUT2D eigenvalue weighted by atomic mass is 10.0. The molecule has 0 N–H and O–H groups in total. The van der Waals surface area contributed by atoms with Crippen molar-refractivity contribution >= 4 is 23.6 Å². The number of rotatable bonds is 3. The van der Waals surface area contributed by atoms with Crippen molar-refractivity contribution in [2.75, 3.05) is 24.7 Å². The summed E-state index contributed by atoms with van der Waals surface area (Å²) in [4.78, 5) is 13.4. The Morgan fingerprint density at radius 2 is 2.05 bits per heavy atom. The topological polar surface area (TPSA) is 55.7 Å². The number of para-hydroxylation sites is 1. The molecule has 2 heterocycles. The summed E-state index contributed by atoms with van der Waals surface area (Å²) in [5.74, 6) is -0.650. The summed E-state index contributed by atoms with van der Waals surface area (Å²) < 4.78 is 0.522. The molecule has 1 aromatic carbocycles. The summed E-state index contributed by atoms with van der Waals surface area (Å²) >= 11 is 0. The Hall–Kier alpha value is -2.14. The maximum atomic E-state index is 11.4. The third-order valence-corrected chi connectivity index (χ3v) is 4.13. The summed E-state index contributed by atoms with van der Waals surface area (Å²) in [6.45, 7) is 6.47. The second-order valence-corrected chi connectivity index (χ2v) is 5.12. The van der Waals surface area contributed by atoms with Crippen molar-refractivity contribution in [3.8, 4) is 0 Å². The average molecular weight is 271 g/mol. The molecule has 0 saturated heterocycles. The molecule has 0 atom stereocenters. The fourth-order valence-electron chi connectivity index (χ4n) is 2.80. The number of quaternary nitrogens is 1. The van der Waals surface area contributed by atoms with Crippen LogP contribution >= 0.6 is 0 Å². The van der Waals surface area contributed by atoms with Gasteiger partial charge in [0.05, 0.1) is 11.7 Å². The molecule has 5 nitrogen and oxygen atoms in total.